The van der Waals surface area contributed by atoms with Crippen molar-refractivity contribution >= 4 is 11.7 Å². The zero-order chi connectivity index (χ0) is 22.2. The Morgan fingerprint density at radius 1 is 0.969 bits per heavy atom. The van der Waals surface area contributed by atoms with E-state index in [1.807, 2.05) is 31.2 Å². The molecule has 0 radical (unpaired) electrons. The Morgan fingerprint density at radius 2 is 1.75 bits per heavy atom. The van der Waals surface area contributed by atoms with Crippen LogP contribution in [0.2, 0.25) is 0 Å². The SMILES string of the molecule is CCOc1cc(C(=O)NCc2ccnc(N3CCCC3)c2)ccc1OCc1ccncc1. The number of benzene rings is 1. The van der Waals surface area contributed by atoms with Gasteiger partial charge < -0.3 is 19.7 Å². The summed E-state index contributed by atoms with van der Waals surface area (Å²) in [5.41, 5.74) is 2.56. The van der Waals surface area contributed by atoms with Crippen LogP contribution in [0.5, 0.6) is 11.5 Å². The molecule has 0 unspecified atom stereocenters. The number of hydrogen-bond acceptors (Lipinski definition) is 6. The first-order valence-electron chi connectivity index (χ1n) is 11.0. The van der Waals surface area contributed by atoms with Crippen molar-refractivity contribution in [2.75, 3.05) is 24.6 Å². The van der Waals surface area contributed by atoms with E-state index in [0.29, 0.717) is 36.8 Å². The van der Waals surface area contributed by atoms with Crippen molar-refractivity contribution < 1.29 is 14.3 Å². The summed E-state index contributed by atoms with van der Waals surface area (Å²) in [7, 11) is 0. The van der Waals surface area contributed by atoms with Crippen molar-refractivity contribution in [3.63, 3.8) is 0 Å². The molecule has 1 aromatic carbocycles. The molecular weight excluding hydrogens is 404 g/mol. The lowest BCUT2D eigenvalue weighted by atomic mass is 10.1. The number of nitrogens with zero attached hydrogens (tertiary/aromatic N) is 3. The standard InChI is InChI=1S/C25H28N4O3/c1-2-31-23-16-21(5-6-22(23)32-18-19-7-10-26-11-8-19)25(30)28-17-20-9-12-27-24(15-20)29-13-3-4-14-29/h5-12,15-16H,2-4,13-14,17-18H2,1H3,(H,28,30). The highest BCUT2D eigenvalue weighted by molar-refractivity contribution is 5.94. The number of carbonyl (C=O) groups is 1. The van der Waals surface area contributed by atoms with Gasteiger partial charge in [-0.1, -0.05) is 0 Å². The van der Waals surface area contributed by atoms with Crippen LogP contribution in [0.25, 0.3) is 0 Å². The second-order valence-corrected chi connectivity index (χ2v) is 7.64. The Morgan fingerprint density at radius 3 is 2.53 bits per heavy atom. The second-order valence-electron chi connectivity index (χ2n) is 7.64. The van der Waals surface area contributed by atoms with Gasteiger partial charge in [-0.3, -0.25) is 9.78 Å². The summed E-state index contributed by atoms with van der Waals surface area (Å²) in [6.07, 6.45) is 7.66. The Balaban J connectivity index is 1.39. The predicted molar refractivity (Wildman–Crippen MR) is 123 cm³/mol. The van der Waals surface area contributed by atoms with Crippen molar-refractivity contribution in [1.82, 2.24) is 15.3 Å². The third kappa shape index (κ3) is 5.55. The van der Waals surface area contributed by atoms with Crippen LogP contribution < -0.4 is 19.7 Å². The Bertz CT molecular complexity index is 1040. The highest BCUT2D eigenvalue weighted by Crippen LogP contribution is 2.29. The summed E-state index contributed by atoms with van der Waals surface area (Å²) in [6, 6.07) is 13.0. The fraction of sp³-hybridized carbons (Fsp3) is 0.320. The topological polar surface area (TPSA) is 76.6 Å². The number of nitrogens with one attached hydrogen (secondary N) is 1. The zero-order valence-corrected chi connectivity index (χ0v) is 18.3. The van der Waals surface area contributed by atoms with Crippen LogP contribution >= 0.6 is 0 Å². The van der Waals surface area contributed by atoms with E-state index in [1.165, 1.54) is 12.8 Å². The number of ether oxygens (including phenoxy) is 2. The van der Waals surface area contributed by atoms with E-state index in [2.05, 4.69) is 20.2 Å². The Hall–Kier alpha value is -3.61. The largest absolute Gasteiger partial charge is 0.490 e. The van der Waals surface area contributed by atoms with Crippen LogP contribution in [0.15, 0.2) is 61.1 Å². The van der Waals surface area contributed by atoms with Crippen molar-refractivity contribution in [2.24, 2.45) is 0 Å². The van der Waals surface area contributed by atoms with Gasteiger partial charge >= 0.3 is 0 Å². The number of hydrogen-bond donors (Lipinski definition) is 1. The van der Waals surface area contributed by atoms with E-state index >= 15 is 0 Å². The molecule has 32 heavy (non-hydrogen) atoms. The van der Waals surface area contributed by atoms with Gasteiger partial charge in [-0.15, -0.1) is 0 Å². The van der Waals surface area contributed by atoms with Gasteiger partial charge in [-0.2, -0.15) is 0 Å². The number of carbonyl (C=O) groups excluding carboxylic acids is 1. The van der Waals surface area contributed by atoms with Crippen LogP contribution in [0, 0.1) is 0 Å². The molecule has 0 aliphatic carbocycles. The summed E-state index contributed by atoms with van der Waals surface area (Å²) >= 11 is 0. The minimum atomic E-state index is -0.161. The maximum Gasteiger partial charge on any atom is 0.251 e. The molecule has 166 valence electrons. The van der Waals surface area contributed by atoms with Crippen molar-refractivity contribution in [3.8, 4) is 11.5 Å². The lowest BCUT2D eigenvalue weighted by Gasteiger charge is -2.17. The fourth-order valence-electron chi connectivity index (χ4n) is 3.65. The van der Waals surface area contributed by atoms with E-state index in [4.69, 9.17) is 9.47 Å². The molecule has 0 saturated carbocycles. The molecular formula is C25H28N4O3. The molecule has 0 atom stereocenters. The van der Waals surface area contributed by atoms with Gasteiger partial charge in [0, 0.05) is 43.8 Å². The lowest BCUT2D eigenvalue weighted by molar-refractivity contribution is 0.0950. The van der Waals surface area contributed by atoms with Crippen molar-refractivity contribution in [1.29, 1.82) is 0 Å². The molecule has 1 fully saturated rings. The summed E-state index contributed by atoms with van der Waals surface area (Å²) in [6.45, 7) is 5.30. The monoisotopic (exact) mass is 432 g/mol. The summed E-state index contributed by atoms with van der Waals surface area (Å²) in [5, 5.41) is 2.99. The quantitative estimate of drug-likeness (QED) is 0.551. The van der Waals surface area contributed by atoms with Crippen LogP contribution in [-0.4, -0.2) is 35.6 Å². The first kappa shape index (κ1) is 21.6. The Labute approximate surface area is 188 Å². The summed E-state index contributed by atoms with van der Waals surface area (Å²) in [5.74, 6) is 1.97. The summed E-state index contributed by atoms with van der Waals surface area (Å²) in [4.78, 5) is 23.5. The first-order valence-corrected chi connectivity index (χ1v) is 11.0. The maximum absolute atomic E-state index is 12.8. The maximum atomic E-state index is 12.8. The fourth-order valence-corrected chi connectivity index (χ4v) is 3.65. The molecule has 1 aliphatic rings. The number of anilines is 1. The van der Waals surface area contributed by atoms with Gasteiger partial charge in [-0.05, 0) is 73.4 Å². The van der Waals surface area contributed by atoms with Gasteiger partial charge in [0.2, 0.25) is 0 Å². The van der Waals surface area contributed by atoms with Gasteiger partial charge in [-0.25, -0.2) is 4.98 Å². The van der Waals surface area contributed by atoms with Crippen LogP contribution in [0.4, 0.5) is 5.82 Å². The molecule has 1 saturated heterocycles. The minimum absolute atomic E-state index is 0.161. The lowest BCUT2D eigenvalue weighted by Crippen LogP contribution is -2.23. The van der Waals surface area contributed by atoms with Crippen molar-refractivity contribution in [3.05, 3.63) is 77.7 Å². The van der Waals surface area contributed by atoms with Crippen LogP contribution in [0.1, 0.15) is 41.3 Å². The molecule has 1 aliphatic heterocycles. The molecule has 3 aromatic rings. The molecule has 1 amide bonds. The van der Waals surface area contributed by atoms with E-state index in [1.54, 1.807) is 36.8 Å². The number of amides is 1. The van der Waals surface area contributed by atoms with Crippen molar-refractivity contribution in [2.45, 2.75) is 32.9 Å². The predicted octanol–water partition coefficient (Wildman–Crippen LogP) is 3.98. The first-order chi connectivity index (χ1) is 15.7. The van der Waals surface area contributed by atoms with E-state index in [0.717, 1.165) is 30.0 Å². The molecule has 2 aromatic heterocycles. The second kappa shape index (κ2) is 10.6. The third-order valence-corrected chi connectivity index (χ3v) is 5.34. The average Bonchev–Trinajstić information content (AvgIpc) is 3.38. The molecule has 0 spiro atoms. The highest BCUT2D eigenvalue weighted by atomic mass is 16.5. The number of rotatable bonds is 9. The molecule has 7 heteroatoms. The van der Waals surface area contributed by atoms with E-state index in [-0.39, 0.29) is 5.91 Å². The molecule has 3 heterocycles. The van der Waals surface area contributed by atoms with Gasteiger partial charge in [0.25, 0.3) is 5.91 Å². The van der Waals surface area contributed by atoms with E-state index in [9.17, 15) is 4.79 Å². The number of aromatic nitrogens is 2. The molecule has 7 nitrogen and oxygen atoms in total. The highest BCUT2D eigenvalue weighted by Gasteiger charge is 2.15. The summed E-state index contributed by atoms with van der Waals surface area (Å²) < 4.78 is 11.6. The van der Waals surface area contributed by atoms with Crippen LogP contribution in [0.3, 0.4) is 0 Å². The average molecular weight is 433 g/mol. The molecule has 4 rings (SSSR count). The number of pyridine rings is 2. The van der Waals surface area contributed by atoms with Crippen LogP contribution in [-0.2, 0) is 13.2 Å². The third-order valence-electron chi connectivity index (χ3n) is 5.34. The Kier molecular flexibility index (Phi) is 7.17. The van der Waals surface area contributed by atoms with E-state index < -0.39 is 0 Å². The molecule has 0 bridgehead atoms. The normalized spacial score (nSPS) is 13.1. The molecule has 1 N–H and O–H groups in total. The van der Waals surface area contributed by atoms with Gasteiger partial charge in [0.1, 0.15) is 12.4 Å². The minimum Gasteiger partial charge on any atom is -0.490 e. The van der Waals surface area contributed by atoms with Gasteiger partial charge in [0.05, 0.1) is 6.61 Å². The smallest absolute Gasteiger partial charge is 0.251 e. The van der Waals surface area contributed by atoms with Gasteiger partial charge in [0.15, 0.2) is 11.5 Å². The zero-order valence-electron chi connectivity index (χ0n) is 18.3.